The van der Waals surface area contributed by atoms with Crippen molar-refractivity contribution < 1.29 is 53.7 Å². The number of amides is 7. The van der Waals surface area contributed by atoms with Gasteiger partial charge in [0.05, 0.1) is 25.7 Å². The van der Waals surface area contributed by atoms with Crippen LogP contribution in [-0.4, -0.2) is 131 Å². The zero-order chi connectivity index (χ0) is 40.2. The lowest BCUT2D eigenvalue weighted by Crippen LogP contribution is -2.60. The minimum atomic E-state index is -1.75. The van der Waals surface area contributed by atoms with E-state index in [9.17, 15) is 53.7 Å². The van der Waals surface area contributed by atoms with Gasteiger partial charge in [-0.25, -0.2) is 4.79 Å². The van der Waals surface area contributed by atoms with E-state index in [2.05, 4.69) is 36.9 Å². The molecule has 7 amide bonds. The van der Waals surface area contributed by atoms with Crippen LogP contribution in [0.15, 0.2) is 35.3 Å². The number of nitrogens with one attached hydrogen (secondary N) is 6. The molecule has 1 aromatic rings. The summed E-state index contributed by atoms with van der Waals surface area (Å²) >= 11 is 0. The molecule has 7 atom stereocenters. The van der Waals surface area contributed by atoms with E-state index in [0.29, 0.717) is 5.56 Å². The van der Waals surface area contributed by atoms with E-state index >= 15 is 0 Å². The molecule has 0 aromatic heterocycles. The van der Waals surface area contributed by atoms with Crippen molar-refractivity contribution >= 4 is 53.3 Å². The quantitative estimate of drug-likeness (QED) is 0.0281. The first kappa shape index (κ1) is 45.2. The third-order valence-corrected chi connectivity index (χ3v) is 7.35. The highest BCUT2D eigenvalue weighted by molar-refractivity contribution is 5.98. The normalized spacial score (nSPS) is 14.7. The van der Waals surface area contributed by atoms with Crippen LogP contribution in [0.1, 0.15) is 38.7 Å². The maximum absolute atomic E-state index is 13.7. The molecule has 0 aliphatic rings. The average molecular weight is 752 g/mol. The molecule has 0 aliphatic heterocycles. The molecule has 0 saturated carbocycles. The summed E-state index contributed by atoms with van der Waals surface area (Å²) < 4.78 is 0. The van der Waals surface area contributed by atoms with Gasteiger partial charge >= 0.3 is 5.97 Å². The average Bonchev–Trinajstić information content (AvgIpc) is 3.09. The minimum Gasteiger partial charge on any atom is -0.480 e. The molecule has 294 valence electrons. The Kier molecular flexibility index (Phi) is 19.5. The highest BCUT2D eigenvalue weighted by Crippen LogP contribution is 2.08. The molecule has 0 bridgehead atoms. The van der Waals surface area contributed by atoms with Crippen LogP contribution in [0.5, 0.6) is 0 Å². The monoisotopic (exact) mass is 751 g/mol. The molecule has 17 N–H and O–H groups in total. The molecule has 1 rings (SSSR count). The van der Waals surface area contributed by atoms with Gasteiger partial charge < -0.3 is 70.2 Å². The predicted molar refractivity (Wildman–Crippen MR) is 187 cm³/mol. The Morgan fingerprint density at radius 1 is 0.736 bits per heavy atom. The van der Waals surface area contributed by atoms with E-state index in [0.717, 1.165) is 6.92 Å². The molecule has 0 spiro atoms. The Morgan fingerprint density at radius 3 is 1.79 bits per heavy atom. The minimum absolute atomic E-state index is 0.00587. The highest BCUT2D eigenvalue weighted by Gasteiger charge is 2.34. The largest absolute Gasteiger partial charge is 0.480 e. The van der Waals surface area contributed by atoms with Crippen molar-refractivity contribution in [1.29, 1.82) is 0 Å². The van der Waals surface area contributed by atoms with Gasteiger partial charge in [0.1, 0.15) is 30.2 Å². The van der Waals surface area contributed by atoms with Crippen molar-refractivity contribution in [3.8, 4) is 0 Å². The Labute approximate surface area is 304 Å². The number of primary amides is 1. The zero-order valence-corrected chi connectivity index (χ0v) is 29.2. The van der Waals surface area contributed by atoms with Crippen LogP contribution in [0, 0.1) is 0 Å². The van der Waals surface area contributed by atoms with Crippen molar-refractivity contribution in [2.45, 2.75) is 81.9 Å². The molecule has 22 nitrogen and oxygen atoms in total. The molecule has 53 heavy (non-hydrogen) atoms. The summed E-state index contributed by atoms with van der Waals surface area (Å²) in [6.07, 6.45) is -2.55. The Balaban J connectivity index is 3.34. The van der Waals surface area contributed by atoms with Gasteiger partial charge in [-0.1, -0.05) is 30.3 Å². The number of carboxylic acids is 1. The predicted octanol–water partition coefficient (Wildman–Crippen LogP) is -6.50. The van der Waals surface area contributed by atoms with Gasteiger partial charge in [0, 0.05) is 13.0 Å². The van der Waals surface area contributed by atoms with Crippen LogP contribution in [0.25, 0.3) is 0 Å². The molecule has 22 heteroatoms. The van der Waals surface area contributed by atoms with Gasteiger partial charge in [0.25, 0.3) is 0 Å². The van der Waals surface area contributed by atoms with E-state index in [-0.39, 0.29) is 31.8 Å². The number of aliphatic hydroxyl groups excluding tert-OH is 2. The molecule has 0 aliphatic carbocycles. The Bertz CT molecular complexity index is 1470. The number of aliphatic carboxylic acids is 1. The summed E-state index contributed by atoms with van der Waals surface area (Å²) in [4.78, 5) is 105. The third-order valence-electron chi connectivity index (χ3n) is 7.35. The number of nitrogens with two attached hydrogens (primary N) is 4. The van der Waals surface area contributed by atoms with E-state index in [4.69, 9.17) is 22.9 Å². The van der Waals surface area contributed by atoms with Crippen LogP contribution in [0.4, 0.5) is 0 Å². The zero-order valence-electron chi connectivity index (χ0n) is 29.2. The lowest BCUT2D eigenvalue weighted by atomic mass is 10.0. The van der Waals surface area contributed by atoms with E-state index in [1.54, 1.807) is 30.3 Å². The van der Waals surface area contributed by atoms with Crippen LogP contribution in [-0.2, 0) is 44.8 Å². The Hall–Kier alpha value is -5.87. The summed E-state index contributed by atoms with van der Waals surface area (Å²) in [6.45, 7) is 1.02. The summed E-state index contributed by atoms with van der Waals surface area (Å²) in [5.41, 5.74) is 21.8. The summed E-state index contributed by atoms with van der Waals surface area (Å²) in [5.74, 6) is -8.62. The number of hydrogen-bond acceptors (Lipinski definition) is 12. The van der Waals surface area contributed by atoms with Crippen molar-refractivity contribution in [1.82, 2.24) is 31.9 Å². The van der Waals surface area contributed by atoms with Gasteiger partial charge in [0.15, 0.2) is 12.0 Å². The van der Waals surface area contributed by atoms with Crippen molar-refractivity contribution in [2.75, 3.05) is 19.7 Å². The van der Waals surface area contributed by atoms with Gasteiger partial charge in [-0.3, -0.25) is 38.6 Å². The second-order valence-corrected chi connectivity index (χ2v) is 11.8. The number of aliphatic imine (C=N–C) groups is 1. The van der Waals surface area contributed by atoms with E-state index in [1.165, 1.54) is 6.92 Å². The number of guanidine groups is 1. The van der Waals surface area contributed by atoms with E-state index in [1.807, 2.05) is 0 Å². The molecule has 1 aromatic carbocycles. The number of nitrogens with zero attached hydrogens (tertiary/aromatic N) is 1. The molecule has 0 radical (unpaired) electrons. The fourth-order valence-electron chi connectivity index (χ4n) is 4.56. The van der Waals surface area contributed by atoms with Crippen LogP contribution in [0.2, 0.25) is 0 Å². The second kappa shape index (κ2) is 22.8. The van der Waals surface area contributed by atoms with Gasteiger partial charge in [-0.2, -0.15) is 0 Å². The fourth-order valence-corrected chi connectivity index (χ4v) is 4.56. The van der Waals surface area contributed by atoms with Gasteiger partial charge in [-0.05, 0) is 32.3 Å². The summed E-state index contributed by atoms with van der Waals surface area (Å²) in [7, 11) is 0. The van der Waals surface area contributed by atoms with Crippen molar-refractivity contribution in [3.63, 3.8) is 0 Å². The molecule has 0 fully saturated rings. The number of rotatable bonds is 23. The smallest absolute Gasteiger partial charge is 0.328 e. The number of carbonyl (C=O) groups is 8. The lowest BCUT2D eigenvalue weighted by molar-refractivity contribution is -0.145. The maximum Gasteiger partial charge on any atom is 0.328 e. The highest BCUT2D eigenvalue weighted by atomic mass is 16.4. The molecule has 0 unspecified atom stereocenters. The third kappa shape index (κ3) is 16.8. The standard InChI is InChI=1S/C31H49N11O11/c1-15(37-23(46)13-32)25(47)41-21(14-43)29(51)40-20(12-22(33)45)27(49)38-18(9-6-10-36-31(34)35)26(48)39-19(11-17-7-4-3-5-8-17)28(50)42-24(16(2)44)30(52)53/h3-5,7-8,15-16,18-21,24,43-44H,6,9-14,32H2,1-2H3,(H2,33,45)(H,37,46)(H,38,49)(H,39,48)(H,40,51)(H,41,47)(H,42,50)(H,52,53)(H4,34,35,36)/t15-,16+,18-,19-,20-,21-,24-/m0/s1. The fraction of sp³-hybridized carbons (Fsp3) is 0.516. The Morgan fingerprint density at radius 2 is 1.26 bits per heavy atom. The number of carbonyl (C=O) groups excluding carboxylic acids is 7. The topological polar surface area (TPSA) is 386 Å². The molecule has 0 saturated heterocycles. The lowest BCUT2D eigenvalue weighted by Gasteiger charge is -2.27. The number of hydrogen-bond donors (Lipinski definition) is 13. The first-order valence-corrected chi connectivity index (χ1v) is 16.3. The first-order chi connectivity index (χ1) is 24.9. The van der Waals surface area contributed by atoms with Crippen molar-refractivity contribution in [2.24, 2.45) is 27.9 Å². The second-order valence-electron chi connectivity index (χ2n) is 11.8. The van der Waals surface area contributed by atoms with Crippen LogP contribution >= 0.6 is 0 Å². The van der Waals surface area contributed by atoms with Crippen LogP contribution in [0.3, 0.4) is 0 Å². The van der Waals surface area contributed by atoms with Crippen LogP contribution < -0.4 is 54.8 Å². The van der Waals surface area contributed by atoms with E-state index < -0.39 is 109 Å². The van der Waals surface area contributed by atoms with Gasteiger partial charge in [0.2, 0.25) is 41.4 Å². The first-order valence-electron chi connectivity index (χ1n) is 16.3. The molecular formula is C31H49N11O11. The van der Waals surface area contributed by atoms with Gasteiger partial charge in [-0.15, -0.1) is 0 Å². The number of benzene rings is 1. The number of aliphatic hydroxyl groups is 2. The van der Waals surface area contributed by atoms with Crippen molar-refractivity contribution in [3.05, 3.63) is 35.9 Å². The summed E-state index contributed by atoms with van der Waals surface area (Å²) in [5, 5.41) is 42.8. The molecule has 0 heterocycles. The number of carboxylic acid groups (broad SMARTS) is 1. The SMILES string of the molecule is C[C@H](NC(=O)CN)C(=O)N[C@@H](CO)C(=O)N[C@@H](CC(N)=O)C(=O)N[C@@H](CCCN=C(N)N)C(=O)N[C@@H](Cc1ccccc1)C(=O)N[C@H](C(=O)O)[C@@H](C)O. The molecular weight excluding hydrogens is 702 g/mol. The maximum atomic E-state index is 13.7. The summed E-state index contributed by atoms with van der Waals surface area (Å²) in [6, 6.07) is -0.942.